The Morgan fingerprint density at radius 1 is 1.30 bits per heavy atom. The Morgan fingerprint density at radius 2 is 2.00 bits per heavy atom. The van der Waals surface area contributed by atoms with E-state index >= 15 is 0 Å². The minimum absolute atomic E-state index is 0.0416. The van der Waals surface area contributed by atoms with Crippen molar-refractivity contribution in [3.63, 3.8) is 0 Å². The summed E-state index contributed by atoms with van der Waals surface area (Å²) in [5.74, 6) is 0.0416. The first-order valence-corrected chi connectivity index (χ1v) is 6.95. The van der Waals surface area contributed by atoms with Crippen molar-refractivity contribution in [3.8, 4) is 0 Å². The van der Waals surface area contributed by atoms with Gasteiger partial charge in [0.2, 0.25) is 5.91 Å². The first kappa shape index (κ1) is 14.6. The molecule has 5 heteroatoms. The van der Waals surface area contributed by atoms with Crippen LogP contribution in [0, 0.1) is 13.8 Å². The minimum atomic E-state index is 0.0416. The highest BCUT2D eigenvalue weighted by atomic mass is 35.5. The molecular weight excluding hydrogens is 274 g/mol. The largest absolute Gasteiger partial charge is 0.352 e. The summed E-state index contributed by atoms with van der Waals surface area (Å²) in [5.41, 5.74) is 4.17. The average molecular weight is 292 g/mol. The predicted octanol–water partition coefficient (Wildman–Crippen LogP) is 2.93. The molecule has 1 aromatic carbocycles. The molecule has 0 saturated carbocycles. The highest BCUT2D eigenvalue weighted by molar-refractivity contribution is 6.30. The number of H-pyrrole nitrogens is 1. The number of amides is 1. The van der Waals surface area contributed by atoms with Crippen molar-refractivity contribution < 1.29 is 4.79 Å². The molecule has 0 unspecified atom stereocenters. The van der Waals surface area contributed by atoms with Crippen molar-refractivity contribution >= 4 is 17.5 Å². The molecule has 0 aliphatic carbocycles. The van der Waals surface area contributed by atoms with Gasteiger partial charge >= 0.3 is 0 Å². The average Bonchev–Trinajstić information content (AvgIpc) is 2.75. The number of hydrogen-bond acceptors (Lipinski definition) is 2. The molecule has 0 spiro atoms. The number of benzene rings is 1. The van der Waals surface area contributed by atoms with Crippen LogP contribution in [0.1, 0.15) is 28.9 Å². The zero-order chi connectivity index (χ0) is 14.5. The molecule has 1 heterocycles. The van der Waals surface area contributed by atoms with Gasteiger partial charge in [0, 0.05) is 23.7 Å². The van der Waals surface area contributed by atoms with Crippen molar-refractivity contribution in [2.75, 3.05) is 0 Å². The molecule has 2 N–H and O–H groups in total. The van der Waals surface area contributed by atoms with Gasteiger partial charge in [0.15, 0.2) is 0 Å². The van der Waals surface area contributed by atoms with Gasteiger partial charge in [0.25, 0.3) is 0 Å². The third-order valence-electron chi connectivity index (χ3n) is 3.29. The Kier molecular flexibility index (Phi) is 4.79. The van der Waals surface area contributed by atoms with Gasteiger partial charge in [-0.3, -0.25) is 9.89 Å². The van der Waals surface area contributed by atoms with Crippen molar-refractivity contribution in [2.45, 2.75) is 33.2 Å². The van der Waals surface area contributed by atoms with E-state index in [2.05, 4.69) is 15.5 Å². The quantitative estimate of drug-likeness (QED) is 0.890. The van der Waals surface area contributed by atoms with E-state index in [1.807, 2.05) is 38.1 Å². The van der Waals surface area contributed by atoms with E-state index in [0.717, 1.165) is 22.5 Å². The number of hydrogen-bond donors (Lipinski definition) is 2. The summed E-state index contributed by atoms with van der Waals surface area (Å²) in [6.45, 7) is 4.45. The van der Waals surface area contributed by atoms with E-state index in [1.54, 1.807) is 0 Å². The van der Waals surface area contributed by atoms with Crippen molar-refractivity contribution in [1.29, 1.82) is 0 Å². The predicted molar refractivity (Wildman–Crippen MR) is 79.7 cm³/mol. The smallest absolute Gasteiger partial charge is 0.220 e. The number of nitrogens with one attached hydrogen (secondary N) is 2. The van der Waals surface area contributed by atoms with Crippen LogP contribution in [0.2, 0.25) is 5.02 Å². The summed E-state index contributed by atoms with van der Waals surface area (Å²) >= 11 is 5.81. The molecule has 0 aliphatic rings. The number of rotatable bonds is 5. The zero-order valence-corrected chi connectivity index (χ0v) is 12.4. The van der Waals surface area contributed by atoms with E-state index in [1.165, 1.54) is 0 Å². The van der Waals surface area contributed by atoms with Crippen LogP contribution < -0.4 is 5.32 Å². The van der Waals surface area contributed by atoms with Gasteiger partial charge in [0.1, 0.15) is 0 Å². The van der Waals surface area contributed by atoms with Gasteiger partial charge in [-0.05, 0) is 43.5 Å². The first-order valence-electron chi connectivity index (χ1n) is 6.58. The van der Waals surface area contributed by atoms with E-state index in [9.17, 15) is 4.79 Å². The molecule has 0 fully saturated rings. The maximum atomic E-state index is 11.8. The van der Waals surface area contributed by atoms with Crippen molar-refractivity contribution in [3.05, 3.63) is 51.8 Å². The molecule has 2 rings (SSSR count). The lowest BCUT2D eigenvalue weighted by Crippen LogP contribution is -2.23. The molecule has 1 aromatic heterocycles. The second kappa shape index (κ2) is 6.57. The molecule has 0 radical (unpaired) electrons. The summed E-state index contributed by atoms with van der Waals surface area (Å²) in [6.07, 6.45) is 1.18. The third kappa shape index (κ3) is 3.84. The Morgan fingerprint density at radius 3 is 2.60 bits per heavy atom. The number of carbonyl (C=O) groups is 1. The van der Waals surface area contributed by atoms with E-state index in [-0.39, 0.29) is 5.91 Å². The number of aromatic amines is 1. The fraction of sp³-hybridized carbons (Fsp3) is 0.333. The molecule has 4 nitrogen and oxygen atoms in total. The van der Waals surface area contributed by atoms with Crippen LogP contribution in [0.4, 0.5) is 0 Å². The molecule has 106 valence electrons. The van der Waals surface area contributed by atoms with Gasteiger partial charge in [-0.2, -0.15) is 5.10 Å². The van der Waals surface area contributed by atoms with Crippen LogP contribution in [0.3, 0.4) is 0 Å². The van der Waals surface area contributed by atoms with E-state index in [0.29, 0.717) is 24.4 Å². The zero-order valence-electron chi connectivity index (χ0n) is 11.7. The first-order chi connectivity index (χ1) is 9.56. The number of halogens is 1. The summed E-state index contributed by atoms with van der Waals surface area (Å²) in [5, 5.41) is 10.7. The Bertz CT molecular complexity index is 570. The lowest BCUT2D eigenvalue weighted by molar-refractivity contribution is -0.121. The number of carbonyl (C=O) groups excluding carboxylic acids is 1. The normalized spacial score (nSPS) is 10.6. The maximum Gasteiger partial charge on any atom is 0.220 e. The van der Waals surface area contributed by atoms with Crippen LogP contribution in [-0.4, -0.2) is 16.1 Å². The summed E-state index contributed by atoms with van der Waals surface area (Å²) in [4.78, 5) is 11.8. The van der Waals surface area contributed by atoms with E-state index < -0.39 is 0 Å². The highest BCUT2D eigenvalue weighted by Crippen LogP contribution is 2.12. The summed E-state index contributed by atoms with van der Waals surface area (Å²) in [6, 6.07) is 7.46. The third-order valence-corrected chi connectivity index (χ3v) is 3.54. The fourth-order valence-electron chi connectivity index (χ4n) is 2.07. The van der Waals surface area contributed by atoms with Gasteiger partial charge < -0.3 is 5.32 Å². The maximum absolute atomic E-state index is 11.8. The lowest BCUT2D eigenvalue weighted by atomic mass is 10.1. The number of aromatic nitrogens is 2. The van der Waals surface area contributed by atoms with Crippen LogP contribution in [0.25, 0.3) is 0 Å². The van der Waals surface area contributed by atoms with Crippen molar-refractivity contribution in [2.24, 2.45) is 0 Å². The molecule has 2 aromatic rings. The molecule has 0 atom stereocenters. The fourth-order valence-corrected chi connectivity index (χ4v) is 2.20. The number of nitrogens with zero attached hydrogens (tertiary/aromatic N) is 1. The van der Waals surface area contributed by atoms with Crippen LogP contribution >= 0.6 is 11.6 Å². The Hall–Kier alpha value is -1.81. The number of aryl methyl sites for hydroxylation is 2. The standard InChI is InChI=1S/C15H18ClN3O/c1-10-14(11(2)19-18-10)7-8-15(20)17-9-12-3-5-13(16)6-4-12/h3-6H,7-9H2,1-2H3,(H,17,20)(H,18,19). The minimum Gasteiger partial charge on any atom is -0.352 e. The molecular formula is C15H18ClN3O. The van der Waals surface area contributed by atoms with Crippen LogP contribution in [0.5, 0.6) is 0 Å². The molecule has 0 bridgehead atoms. The van der Waals surface area contributed by atoms with E-state index in [4.69, 9.17) is 11.6 Å². The van der Waals surface area contributed by atoms with Gasteiger partial charge in [0.05, 0.1) is 5.69 Å². The van der Waals surface area contributed by atoms with Gasteiger partial charge in [-0.25, -0.2) is 0 Å². The summed E-state index contributed by atoms with van der Waals surface area (Å²) < 4.78 is 0. The molecule has 0 aliphatic heterocycles. The van der Waals surface area contributed by atoms with Crippen LogP contribution in [0.15, 0.2) is 24.3 Å². The summed E-state index contributed by atoms with van der Waals surface area (Å²) in [7, 11) is 0. The van der Waals surface area contributed by atoms with Crippen LogP contribution in [-0.2, 0) is 17.8 Å². The molecule has 1 amide bonds. The Labute approximate surface area is 123 Å². The van der Waals surface area contributed by atoms with Gasteiger partial charge in [-0.1, -0.05) is 23.7 Å². The Balaban J connectivity index is 1.80. The topological polar surface area (TPSA) is 57.8 Å². The molecule has 0 saturated heterocycles. The second-order valence-corrected chi connectivity index (χ2v) is 5.25. The lowest BCUT2D eigenvalue weighted by Gasteiger charge is -2.06. The van der Waals surface area contributed by atoms with Gasteiger partial charge in [-0.15, -0.1) is 0 Å². The second-order valence-electron chi connectivity index (χ2n) is 4.82. The highest BCUT2D eigenvalue weighted by Gasteiger charge is 2.09. The molecule has 20 heavy (non-hydrogen) atoms. The SMILES string of the molecule is Cc1n[nH]c(C)c1CCC(=O)NCc1ccc(Cl)cc1. The van der Waals surface area contributed by atoms with Crippen molar-refractivity contribution in [1.82, 2.24) is 15.5 Å². The monoisotopic (exact) mass is 291 g/mol.